The van der Waals surface area contributed by atoms with Crippen molar-refractivity contribution in [2.24, 2.45) is 4.99 Å². The minimum atomic E-state index is -0.678. The zero-order valence-electron chi connectivity index (χ0n) is 25.3. The van der Waals surface area contributed by atoms with Crippen LogP contribution >= 0.6 is 22.7 Å². The monoisotopic (exact) mass is 637 g/mol. The normalized spacial score (nSPS) is 14.7. The highest BCUT2D eigenvalue weighted by atomic mass is 32.1. The van der Waals surface area contributed by atoms with Crippen molar-refractivity contribution in [1.29, 1.82) is 0 Å². The van der Waals surface area contributed by atoms with Crippen molar-refractivity contribution in [2.75, 3.05) is 13.2 Å². The molecule has 0 bridgehead atoms. The van der Waals surface area contributed by atoms with E-state index in [1.807, 2.05) is 86.0 Å². The van der Waals surface area contributed by atoms with E-state index in [4.69, 9.17) is 14.5 Å². The van der Waals surface area contributed by atoms with Crippen molar-refractivity contribution >= 4 is 46.4 Å². The van der Waals surface area contributed by atoms with Crippen molar-refractivity contribution in [2.45, 2.75) is 33.7 Å². The number of hydrogen-bond acceptors (Lipinski definition) is 8. The van der Waals surface area contributed by atoms with Gasteiger partial charge in [0.15, 0.2) is 4.80 Å². The lowest BCUT2D eigenvalue weighted by Gasteiger charge is -2.24. The molecule has 2 aromatic carbocycles. The van der Waals surface area contributed by atoms with E-state index in [1.165, 1.54) is 22.7 Å². The molecule has 0 amide bonds. The summed E-state index contributed by atoms with van der Waals surface area (Å²) in [5.41, 5.74) is 5.57. The zero-order chi connectivity index (χ0) is 31.7. The molecule has 5 aromatic rings. The Balaban J connectivity index is 1.50. The third-order valence-electron chi connectivity index (χ3n) is 7.58. The van der Waals surface area contributed by atoms with E-state index in [9.17, 15) is 14.4 Å². The number of ether oxygens (including phenoxy) is 2. The van der Waals surface area contributed by atoms with Gasteiger partial charge in [-0.25, -0.2) is 14.6 Å². The molecule has 0 aliphatic carbocycles. The molecule has 8 nitrogen and oxygen atoms in total. The molecular weight excluding hydrogens is 607 g/mol. The van der Waals surface area contributed by atoms with E-state index in [-0.39, 0.29) is 18.1 Å². The number of carbonyl (C=O) groups is 2. The second kappa shape index (κ2) is 12.7. The van der Waals surface area contributed by atoms with Crippen LogP contribution in [-0.2, 0) is 14.3 Å². The van der Waals surface area contributed by atoms with Gasteiger partial charge in [-0.3, -0.25) is 9.36 Å². The fourth-order valence-electron chi connectivity index (χ4n) is 5.59. The van der Waals surface area contributed by atoms with E-state index in [1.54, 1.807) is 30.5 Å². The van der Waals surface area contributed by atoms with Gasteiger partial charge in [0, 0.05) is 27.5 Å². The summed E-state index contributed by atoms with van der Waals surface area (Å²) in [7, 11) is 0. The Morgan fingerprint density at radius 3 is 2.31 bits per heavy atom. The van der Waals surface area contributed by atoms with Gasteiger partial charge in [-0.1, -0.05) is 47.7 Å². The predicted molar refractivity (Wildman–Crippen MR) is 177 cm³/mol. The second-order valence-corrected chi connectivity index (χ2v) is 12.4. The minimum Gasteiger partial charge on any atom is -0.463 e. The lowest BCUT2D eigenvalue weighted by Crippen LogP contribution is -2.39. The number of benzene rings is 2. The summed E-state index contributed by atoms with van der Waals surface area (Å²) in [5.74, 6) is -0.853. The number of nitrogens with zero attached hydrogens (tertiary/aromatic N) is 3. The SMILES string of the molecule is CCOC(=O)C1=C(c2ccccc2)N=c2s/c(=C\c3cc(C)n(-c4ccc(C(=O)OCC)cc4)c3C)c(=O)n2[C@H]1c1cccs1. The Bertz CT molecular complexity index is 2100. The van der Waals surface area contributed by atoms with Gasteiger partial charge in [-0.2, -0.15) is 0 Å². The average molecular weight is 638 g/mol. The number of carbonyl (C=O) groups excluding carboxylic acids is 2. The molecule has 0 saturated carbocycles. The van der Waals surface area contributed by atoms with Gasteiger partial charge in [0.05, 0.1) is 34.6 Å². The number of fused-ring (bicyclic) bond motifs is 1. The maximum Gasteiger partial charge on any atom is 0.338 e. The number of thiazole rings is 1. The maximum absolute atomic E-state index is 14.2. The molecule has 10 heteroatoms. The largest absolute Gasteiger partial charge is 0.463 e. The molecule has 0 N–H and O–H groups in total. The molecule has 0 unspecified atom stereocenters. The van der Waals surface area contributed by atoms with Gasteiger partial charge >= 0.3 is 11.9 Å². The van der Waals surface area contributed by atoms with E-state index in [0.717, 1.165) is 33.1 Å². The summed E-state index contributed by atoms with van der Waals surface area (Å²) in [5, 5.41) is 1.93. The first-order chi connectivity index (χ1) is 21.8. The van der Waals surface area contributed by atoms with Crippen molar-refractivity contribution in [3.8, 4) is 5.69 Å². The summed E-state index contributed by atoms with van der Waals surface area (Å²) in [6.45, 7) is 8.06. The number of aryl methyl sites for hydroxylation is 1. The van der Waals surface area contributed by atoms with Crippen LogP contribution in [0.25, 0.3) is 17.5 Å². The highest BCUT2D eigenvalue weighted by Crippen LogP contribution is 2.36. The van der Waals surface area contributed by atoms with Crippen molar-refractivity contribution in [3.05, 3.63) is 136 Å². The molecule has 45 heavy (non-hydrogen) atoms. The van der Waals surface area contributed by atoms with E-state index in [2.05, 4.69) is 4.57 Å². The van der Waals surface area contributed by atoms with Crippen molar-refractivity contribution in [3.63, 3.8) is 0 Å². The van der Waals surface area contributed by atoms with Crippen LogP contribution in [0.1, 0.15) is 57.6 Å². The molecule has 0 fully saturated rings. The van der Waals surface area contributed by atoms with Crippen molar-refractivity contribution < 1.29 is 19.1 Å². The molecule has 4 heterocycles. The molecule has 1 aliphatic rings. The molecule has 0 saturated heterocycles. The molecule has 6 rings (SSSR count). The van der Waals surface area contributed by atoms with Crippen LogP contribution < -0.4 is 14.9 Å². The third-order valence-corrected chi connectivity index (χ3v) is 9.49. The van der Waals surface area contributed by atoms with Gasteiger partial charge in [-0.15, -0.1) is 11.3 Å². The zero-order valence-corrected chi connectivity index (χ0v) is 26.9. The maximum atomic E-state index is 14.2. The Hall–Kier alpha value is -4.80. The lowest BCUT2D eigenvalue weighted by molar-refractivity contribution is -0.138. The summed E-state index contributed by atoms with van der Waals surface area (Å²) in [6, 6.07) is 22.0. The number of rotatable bonds is 8. The molecule has 228 valence electrons. The fourth-order valence-corrected chi connectivity index (χ4v) is 7.41. The van der Waals surface area contributed by atoms with Gasteiger partial charge < -0.3 is 14.0 Å². The van der Waals surface area contributed by atoms with Crippen LogP contribution in [0.5, 0.6) is 0 Å². The van der Waals surface area contributed by atoms with Gasteiger partial charge in [0.25, 0.3) is 5.56 Å². The topological polar surface area (TPSA) is 91.9 Å². The lowest BCUT2D eigenvalue weighted by atomic mass is 9.97. The first kappa shape index (κ1) is 30.2. The predicted octanol–water partition coefficient (Wildman–Crippen LogP) is 5.58. The van der Waals surface area contributed by atoms with Crippen LogP contribution in [0.2, 0.25) is 0 Å². The molecule has 0 spiro atoms. The van der Waals surface area contributed by atoms with Gasteiger partial charge in [0.2, 0.25) is 0 Å². The van der Waals surface area contributed by atoms with E-state index >= 15 is 0 Å². The Morgan fingerprint density at radius 1 is 0.933 bits per heavy atom. The van der Waals surface area contributed by atoms with Crippen LogP contribution in [0.4, 0.5) is 0 Å². The molecular formula is C35H31N3O5S2. The quantitative estimate of drug-likeness (QED) is 0.207. The van der Waals surface area contributed by atoms with Crippen LogP contribution in [-0.4, -0.2) is 34.3 Å². The average Bonchev–Trinajstić information content (AvgIpc) is 3.76. The Morgan fingerprint density at radius 2 is 1.64 bits per heavy atom. The number of aromatic nitrogens is 2. The molecule has 3 aromatic heterocycles. The number of thiophene rings is 1. The fraction of sp³-hybridized carbons (Fsp3) is 0.200. The standard InChI is InChI=1S/C35H31N3O5S2/c1-5-42-33(40)24-14-16-26(17-15-24)37-21(3)19-25(22(37)4)20-28-32(39)38-31(27-13-10-18-44-27)29(34(41)43-6-2)30(36-35(38)45-28)23-11-8-7-9-12-23/h7-20,31H,5-6H2,1-4H3/b28-20-/t31-/m0/s1. The number of esters is 2. The van der Waals surface area contributed by atoms with Crippen LogP contribution in [0.15, 0.2) is 93.5 Å². The summed E-state index contributed by atoms with van der Waals surface area (Å²) in [6.07, 6.45) is 1.89. The Kier molecular flexibility index (Phi) is 8.51. The second-order valence-electron chi connectivity index (χ2n) is 10.4. The summed E-state index contributed by atoms with van der Waals surface area (Å²) >= 11 is 2.78. The minimum absolute atomic E-state index is 0.202. The van der Waals surface area contributed by atoms with Gasteiger partial charge in [-0.05, 0) is 81.1 Å². The summed E-state index contributed by atoms with van der Waals surface area (Å²) in [4.78, 5) is 46.1. The summed E-state index contributed by atoms with van der Waals surface area (Å²) < 4.78 is 14.8. The molecule has 0 radical (unpaired) electrons. The first-order valence-corrected chi connectivity index (χ1v) is 16.3. The Labute approximate surface area is 267 Å². The molecule has 1 aliphatic heterocycles. The highest BCUT2D eigenvalue weighted by Gasteiger charge is 2.35. The van der Waals surface area contributed by atoms with Crippen LogP contribution in [0, 0.1) is 13.8 Å². The van der Waals surface area contributed by atoms with Crippen molar-refractivity contribution in [1.82, 2.24) is 9.13 Å². The van der Waals surface area contributed by atoms with Crippen LogP contribution in [0.3, 0.4) is 0 Å². The third kappa shape index (κ3) is 5.63. The smallest absolute Gasteiger partial charge is 0.338 e. The number of hydrogen-bond donors (Lipinski definition) is 0. The molecule has 1 atom stereocenters. The van der Waals surface area contributed by atoms with E-state index in [0.29, 0.717) is 32.8 Å². The van der Waals surface area contributed by atoms with E-state index < -0.39 is 12.0 Å². The first-order valence-electron chi connectivity index (χ1n) is 14.6. The van der Waals surface area contributed by atoms with Gasteiger partial charge in [0.1, 0.15) is 6.04 Å². The highest BCUT2D eigenvalue weighted by molar-refractivity contribution is 7.10.